The van der Waals surface area contributed by atoms with Crippen LogP contribution in [0.25, 0.3) is 0 Å². The van der Waals surface area contributed by atoms with Gasteiger partial charge in [-0.25, -0.2) is 4.79 Å². The minimum atomic E-state index is -0.467. The molecule has 3 fully saturated rings. The first-order chi connectivity index (χ1) is 16.5. The minimum absolute atomic E-state index is 0.0982. The third-order valence-electron chi connectivity index (χ3n) is 7.76. The molecule has 0 N–H and O–H groups in total. The second kappa shape index (κ2) is 7.65. The lowest BCUT2D eigenvalue weighted by Crippen LogP contribution is -2.40. The van der Waals surface area contributed by atoms with Crippen LogP contribution in [0.3, 0.4) is 0 Å². The van der Waals surface area contributed by atoms with Crippen molar-refractivity contribution in [2.24, 2.45) is 35.5 Å². The van der Waals surface area contributed by atoms with Crippen molar-refractivity contribution in [1.29, 1.82) is 0 Å². The summed E-state index contributed by atoms with van der Waals surface area (Å²) in [5.74, 6) is 0.613. The van der Waals surface area contributed by atoms with Crippen LogP contribution >= 0.6 is 0 Å². The third-order valence-corrected chi connectivity index (χ3v) is 7.76. The molecule has 6 atom stereocenters. The number of hydrogen-bond acceptors (Lipinski definition) is 6. The zero-order valence-electron chi connectivity index (χ0n) is 18.5. The Hall–Kier alpha value is -3.74. The number of ketones is 1. The van der Waals surface area contributed by atoms with Gasteiger partial charge in [-0.1, -0.05) is 24.3 Å². The normalized spacial score (nSPS) is 30.1. The van der Waals surface area contributed by atoms with Gasteiger partial charge in [0.15, 0.2) is 12.4 Å². The van der Waals surface area contributed by atoms with Gasteiger partial charge >= 0.3 is 5.97 Å². The van der Waals surface area contributed by atoms with E-state index in [0.29, 0.717) is 34.4 Å². The standard InChI is InChI=1S/C27H23NO6/c1-33-27(32)15-4-2-14(3-5-15)22(29)13-34-17-8-6-16(7-9-17)28-25(30)23-18-10-11-19(21-12-20(18)21)24(23)26(28)31/h2-11,18-21,23-24H,12-13H2,1H3/t18-,19+,20+,21-,23-,24+. The monoisotopic (exact) mass is 457 g/mol. The topological polar surface area (TPSA) is 90.0 Å². The largest absolute Gasteiger partial charge is 0.485 e. The molecule has 0 radical (unpaired) electrons. The van der Waals surface area contributed by atoms with E-state index in [2.05, 4.69) is 16.9 Å². The van der Waals surface area contributed by atoms with Crippen LogP contribution in [0.15, 0.2) is 60.7 Å². The maximum atomic E-state index is 13.2. The molecular weight excluding hydrogens is 434 g/mol. The fourth-order valence-electron chi connectivity index (χ4n) is 6.05. The lowest BCUT2D eigenvalue weighted by molar-refractivity contribution is -0.124. The van der Waals surface area contributed by atoms with E-state index in [4.69, 9.17) is 4.74 Å². The molecule has 1 saturated heterocycles. The average Bonchev–Trinajstić information content (AvgIpc) is 3.65. The second-order valence-corrected chi connectivity index (χ2v) is 9.44. The van der Waals surface area contributed by atoms with Crippen molar-refractivity contribution >= 4 is 29.3 Å². The van der Waals surface area contributed by atoms with Crippen molar-refractivity contribution in [2.45, 2.75) is 6.42 Å². The molecule has 5 aliphatic rings. The van der Waals surface area contributed by atoms with Crippen LogP contribution in [0.5, 0.6) is 5.75 Å². The summed E-state index contributed by atoms with van der Waals surface area (Å²) in [6.45, 7) is -0.180. The third kappa shape index (κ3) is 3.10. The molecule has 7 rings (SSSR count). The van der Waals surface area contributed by atoms with Crippen LogP contribution in [0, 0.1) is 35.5 Å². The molecule has 0 aromatic heterocycles. The quantitative estimate of drug-likeness (QED) is 0.286. The van der Waals surface area contributed by atoms with Crippen LogP contribution in [0.1, 0.15) is 27.1 Å². The Balaban J connectivity index is 1.11. The van der Waals surface area contributed by atoms with Gasteiger partial charge in [0.2, 0.25) is 11.8 Å². The molecule has 1 aliphatic heterocycles. The highest BCUT2D eigenvalue weighted by Gasteiger charge is 2.67. The molecule has 2 aromatic carbocycles. The Kier molecular flexibility index (Phi) is 4.69. The lowest BCUT2D eigenvalue weighted by atomic mass is 9.63. The van der Waals surface area contributed by atoms with Gasteiger partial charge in [0.25, 0.3) is 0 Å². The van der Waals surface area contributed by atoms with Gasteiger partial charge in [-0.3, -0.25) is 19.3 Å². The molecule has 34 heavy (non-hydrogen) atoms. The molecule has 7 heteroatoms. The molecule has 172 valence electrons. The number of Topliss-reactive ketones (excluding diaryl/α,β-unsaturated/α-hetero) is 1. The number of hydrogen-bond donors (Lipinski definition) is 0. The summed E-state index contributed by atoms with van der Waals surface area (Å²) in [6, 6.07) is 12.9. The molecule has 1 heterocycles. The van der Waals surface area contributed by atoms with Gasteiger partial charge in [-0.2, -0.15) is 0 Å². The maximum Gasteiger partial charge on any atom is 0.337 e. The van der Waals surface area contributed by atoms with Crippen molar-refractivity contribution in [2.75, 3.05) is 18.6 Å². The fourth-order valence-corrected chi connectivity index (χ4v) is 6.05. The Bertz CT molecular complexity index is 1190. The summed E-state index contributed by atoms with van der Waals surface area (Å²) >= 11 is 0. The Morgan fingerprint density at radius 3 is 1.97 bits per heavy atom. The van der Waals surface area contributed by atoms with Gasteiger partial charge in [0, 0.05) is 5.56 Å². The van der Waals surface area contributed by atoms with Gasteiger partial charge in [-0.05, 0) is 66.5 Å². The number of rotatable bonds is 6. The number of carbonyl (C=O) groups excluding carboxylic acids is 4. The number of imide groups is 1. The number of carbonyl (C=O) groups is 4. The second-order valence-electron chi connectivity index (χ2n) is 9.44. The van der Waals surface area contributed by atoms with Crippen LogP contribution in [0.2, 0.25) is 0 Å². The van der Waals surface area contributed by atoms with Crippen molar-refractivity contribution in [3.8, 4) is 5.75 Å². The van der Waals surface area contributed by atoms with Crippen LogP contribution in [-0.4, -0.2) is 37.3 Å². The number of allylic oxidation sites excluding steroid dienone is 2. The number of ether oxygens (including phenoxy) is 2. The van der Waals surface area contributed by atoms with Gasteiger partial charge < -0.3 is 9.47 Å². The van der Waals surface area contributed by atoms with E-state index in [1.165, 1.54) is 24.1 Å². The molecule has 2 amide bonds. The molecule has 2 saturated carbocycles. The summed E-state index contributed by atoms with van der Waals surface area (Å²) in [4.78, 5) is 51.7. The predicted molar refractivity (Wildman–Crippen MR) is 121 cm³/mol. The fraction of sp³-hybridized carbons (Fsp3) is 0.333. The zero-order chi connectivity index (χ0) is 23.6. The highest BCUT2D eigenvalue weighted by molar-refractivity contribution is 6.22. The van der Waals surface area contributed by atoms with Crippen LogP contribution in [-0.2, 0) is 14.3 Å². The molecule has 2 aromatic rings. The van der Waals surface area contributed by atoms with E-state index in [1.54, 1.807) is 36.4 Å². The SMILES string of the molecule is COC(=O)c1ccc(C(=O)COc2ccc(N3C(=O)[C@@H]4[C@@H]5C=C[C@@H]([C@H]6C[C@@H]56)[C@@H]4C3=O)cc2)cc1. The molecular formula is C27H23NO6. The smallest absolute Gasteiger partial charge is 0.337 e. The van der Waals surface area contributed by atoms with E-state index in [9.17, 15) is 19.2 Å². The predicted octanol–water partition coefficient (Wildman–Crippen LogP) is 3.29. The van der Waals surface area contributed by atoms with Crippen molar-refractivity contribution in [3.63, 3.8) is 0 Å². The van der Waals surface area contributed by atoms with Crippen LogP contribution < -0.4 is 9.64 Å². The molecule has 0 unspecified atom stereocenters. The molecule has 4 aliphatic carbocycles. The Morgan fingerprint density at radius 2 is 1.41 bits per heavy atom. The van der Waals surface area contributed by atoms with Crippen molar-refractivity contribution in [3.05, 3.63) is 71.8 Å². The number of esters is 1. The number of nitrogens with zero attached hydrogens (tertiary/aromatic N) is 1. The van der Waals surface area contributed by atoms with E-state index >= 15 is 0 Å². The highest BCUT2D eigenvalue weighted by atomic mass is 16.5. The summed E-state index contributed by atoms with van der Waals surface area (Å²) in [5.41, 5.74) is 1.32. The average molecular weight is 457 g/mol. The zero-order valence-corrected chi connectivity index (χ0v) is 18.5. The first kappa shape index (κ1) is 20.8. The van der Waals surface area contributed by atoms with Gasteiger partial charge in [0.05, 0.1) is 30.2 Å². The number of benzene rings is 2. The number of amides is 2. The first-order valence-corrected chi connectivity index (χ1v) is 11.5. The Morgan fingerprint density at radius 1 is 0.853 bits per heavy atom. The summed E-state index contributed by atoms with van der Waals surface area (Å²) in [6.07, 6.45) is 5.45. The molecule has 2 bridgehead atoms. The molecule has 0 spiro atoms. The number of anilines is 1. The summed E-state index contributed by atoms with van der Waals surface area (Å²) in [7, 11) is 1.30. The van der Waals surface area contributed by atoms with Gasteiger partial charge in [0.1, 0.15) is 5.75 Å². The van der Waals surface area contributed by atoms with Gasteiger partial charge in [-0.15, -0.1) is 0 Å². The minimum Gasteiger partial charge on any atom is -0.485 e. The number of methoxy groups -OCH3 is 1. The van der Waals surface area contributed by atoms with E-state index in [-0.39, 0.29) is 47.9 Å². The molecule has 7 nitrogen and oxygen atoms in total. The van der Waals surface area contributed by atoms with E-state index in [0.717, 1.165) is 6.42 Å². The first-order valence-electron chi connectivity index (χ1n) is 11.5. The van der Waals surface area contributed by atoms with E-state index in [1.807, 2.05) is 0 Å². The van der Waals surface area contributed by atoms with Crippen molar-refractivity contribution < 1.29 is 28.7 Å². The maximum absolute atomic E-state index is 13.2. The Labute approximate surface area is 196 Å². The van der Waals surface area contributed by atoms with Crippen LogP contribution in [0.4, 0.5) is 5.69 Å². The lowest BCUT2D eigenvalue weighted by Gasteiger charge is -2.37. The van der Waals surface area contributed by atoms with E-state index < -0.39 is 5.97 Å². The summed E-state index contributed by atoms with van der Waals surface area (Å²) < 4.78 is 10.3. The highest BCUT2D eigenvalue weighted by Crippen LogP contribution is 2.65. The van der Waals surface area contributed by atoms with Crippen molar-refractivity contribution in [1.82, 2.24) is 0 Å². The summed E-state index contributed by atoms with van der Waals surface area (Å²) in [5, 5.41) is 0.